The van der Waals surface area contributed by atoms with Gasteiger partial charge in [-0.2, -0.15) is 0 Å². The molecule has 2 aromatic rings. The highest BCUT2D eigenvalue weighted by molar-refractivity contribution is 7.84. The summed E-state index contributed by atoms with van der Waals surface area (Å²) in [7, 11) is 0.447. The van der Waals surface area contributed by atoms with Gasteiger partial charge in [-0.05, 0) is 18.2 Å². The number of phenolic OH excluding ortho intramolecular Hbond substituents is 1. The predicted octanol–water partition coefficient (Wildman–Crippen LogP) is 2.79. The fourth-order valence-electron chi connectivity index (χ4n) is 2.00. The Morgan fingerprint density at radius 1 is 1.18 bits per heavy atom. The Labute approximate surface area is 132 Å². The highest BCUT2D eigenvalue weighted by Gasteiger charge is 2.14. The van der Waals surface area contributed by atoms with E-state index >= 15 is 0 Å². The number of rotatable bonds is 4. The molecule has 0 aromatic heterocycles. The number of carbonyl (C=O) groups is 1. The molecule has 0 bridgehead atoms. The molecular formula is C16H18N2O3S. The predicted molar refractivity (Wildman–Crippen MR) is 87.4 cm³/mol. The van der Waals surface area contributed by atoms with E-state index < -0.39 is 10.8 Å². The third kappa shape index (κ3) is 3.85. The van der Waals surface area contributed by atoms with Crippen molar-refractivity contribution in [3.8, 4) is 5.75 Å². The Balaban J connectivity index is 2.09. The van der Waals surface area contributed by atoms with Crippen molar-refractivity contribution in [2.24, 2.45) is 0 Å². The third-order valence-electron chi connectivity index (χ3n) is 3.18. The number of nitrogens with zero attached hydrogens (tertiary/aromatic N) is 1. The first-order valence-corrected chi connectivity index (χ1v) is 8.26. The van der Waals surface area contributed by atoms with E-state index in [-0.39, 0.29) is 18.3 Å². The Kier molecular flexibility index (Phi) is 5.16. The summed E-state index contributed by atoms with van der Waals surface area (Å²) in [6.07, 6.45) is 1.57. The van der Waals surface area contributed by atoms with Gasteiger partial charge in [0.25, 0.3) is 0 Å². The molecule has 0 aliphatic carbocycles. The van der Waals surface area contributed by atoms with E-state index in [0.717, 1.165) is 0 Å². The average molecular weight is 318 g/mol. The molecule has 0 spiro atoms. The number of urea groups is 1. The van der Waals surface area contributed by atoms with Crippen LogP contribution in [0.3, 0.4) is 0 Å². The highest BCUT2D eigenvalue weighted by Crippen LogP contribution is 2.20. The van der Waals surface area contributed by atoms with Crippen molar-refractivity contribution in [3.05, 3.63) is 54.1 Å². The summed E-state index contributed by atoms with van der Waals surface area (Å²) < 4.78 is 11.7. The molecule has 0 radical (unpaired) electrons. The second kappa shape index (κ2) is 7.09. The van der Waals surface area contributed by atoms with Crippen LogP contribution in [-0.4, -0.2) is 33.5 Å². The number of benzene rings is 2. The van der Waals surface area contributed by atoms with Gasteiger partial charge in [0.2, 0.25) is 0 Å². The molecule has 1 atom stereocenters. The zero-order chi connectivity index (χ0) is 16.1. The van der Waals surface area contributed by atoms with E-state index in [1.165, 1.54) is 4.90 Å². The largest absolute Gasteiger partial charge is 0.508 e. The third-order valence-corrected chi connectivity index (χ3v) is 4.16. The van der Waals surface area contributed by atoms with Gasteiger partial charge >= 0.3 is 6.03 Å². The van der Waals surface area contributed by atoms with Crippen LogP contribution in [0.25, 0.3) is 0 Å². The van der Waals surface area contributed by atoms with Crippen LogP contribution >= 0.6 is 0 Å². The van der Waals surface area contributed by atoms with Gasteiger partial charge in [-0.3, -0.25) is 4.21 Å². The summed E-state index contributed by atoms with van der Waals surface area (Å²) in [5.41, 5.74) is 1.19. The van der Waals surface area contributed by atoms with E-state index in [1.54, 1.807) is 61.8 Å². The van der Waals surface area contributed by atoms with Crippen LogP contribution < -0.4 is 5.32 Å². The summed E-state index contributed by atoms with van der Waals surface area (Å²) >= 11 is 0. The number of carbonyl (C=O) groups excluding carboxylic acids is 1. The quantitative estimate of drug-likeness (QED) is 0.911. The van der Waals surface area contributed by atoms with Crippen LogP contribution in [0.4, 0.5) is 10.5 Å². The Bertz CT molecular complexity index is 703. The molecule has 22 heavy (non-hydrogen) atoms. The van der Waals surface area contributed by atoms with Gasteiger partial charge in [0.05, 0.1) is 27.9 Å². The lowest BCUT2D eigenvalue weighted by Gasteiger charge is -2.19. The normalized spacial score (nSPS) is 11.7. The standard InChI is InChI=1S/C16H18N2O3S/c1-18(11-12-7-3-5-9-14(12)19)16(20)17-13-8-4-6-10-15(13)22(2)21/h3-10,19H,11H2,1-2H3,(H,17,20). The van der Waals surface area contributed by atoms with Crippen molar-refractivity contribution in [3.63, 3.8) is 0 Å². The molecule has 2 aromatic carbocycles. The maximum absolute atomic E-state index is 12.2. The fraction of sp³-hybridized carbons (Fsp3) is 0.188. The number of hydrogen-bond donors (Lipinski definition) is 2. The summed E-state index contributed by atoms with van der Waals surface area (Å²) in [5, 5.41) is 12.5. The number of phenols is 1. The first-order valence-electron chi connectivity index (χ1n) is 6.70. The first-order chi connectivity index (χ1) is 10.5. The maximum atomic E-state index is 12.2. The number of aromatic hydroxyl groups is 1. The number of hydrogen-bond acceptors (Lipinski definition) is 3. The van der Waals surface area contributed by atoms with Crippen LogP contribution in [0, 0.1) is 0 Å². The van der Waals surface area contributed by atoms with Crippen molar-refractivity contribution in [1.82, 2.24) is 4.90 Å². The van der Waals surface area contributed by atoms with Gasteiger partial charge in [0.1, 0.15) is 5.75 Å². The van der Waals surface area contributed by atoms with E-state index in [0.29, 0.717) is 16.1 Å². The zero-order valence-electron chi connectivity index (χ0n) is 12.4. The van der Waals surface area contributed by atoms with Gasteiger partial charge in [-0.25, -0.2) is 4.79 Å². The smallest absolute Gasteiger partial charge is 0.321 e. The second-order valence-corrected chi connectivity index (χ2v) is 6.21. The molecule has 6 heteroatoms. The van der Waals surface area contributed by atoms with E-state index in [9.17, 15) is 14.1 Å². The molecule has 2 rings (SSSR count). The van der Waals surface area contributed by atoms with E-state index in [4.69, 9.17) is 0 Å². The maximum Gasteiger partial charge on any atom is 0.321 e. The molecule has 5 nitrogen and oxygen atoms in total. The molecule has 2 N–H and O–H groups in total. The van der Waals surface area contributed by atoms with Crippen LogP contribution in [0.5, 0.6) is 5.75 Å². The number of nitrogens with one attached hydrogen (secondary N) is 1. The number of amides is 2. The minimum Gasteiger partial charge on any atom is -0.508 e. The monoisotopic (exact) mass is 318 g/mol. The Morgan fingerprint density at radius 3 is 2.50 bits per heavy atom. The van der Waals surface area contributed by atoms with Gasteiger partial charge in [-0.15, -0.1) is 0 Å². The molecule has 0 saturated heterocycles. The molecule has 0 saturated carbocycles. The minimum absolute atomic E-state index is 0.150. The van der Waals surface area contributed by atoms with Crippen molar-refractivity contribution < 1.29 is 14.1 Å². The molecule has 2 amide bonds. The van der Waals surface area contributed by atoms with Gasteiger partial charge in [-0.1, -0.05) is 30.3 Å². The van der Waals surface area contributed by atoms with Crippen molar-refractivity contribution in [1.29, 1.82) is 0 Å². The van der Waals surface area contributed by atoms with Gasteiger partial charge in [0.15, 0.2) is 0 Å². The molecule has 0 aliphatic rings. The van der Waals surface area contributed by atoms with Crippen molar-refractivity contribution >= 4 is 22.5 Å². The first kappa shape index (κ1) is 16.0. The van der Waals surface area contributed by atoms with Crippen LogP contribution in [-0.2, 0) is 17.3 Å². The summed E-state index contributed by atoms with van der Waals surface area (Å²) in [4.78, 5) is 14.3. The van der Waals surface area contributed by atoms with Crippen molar-refractivity contribution in [2.75, 3.05) is 18.6 Å². The molecule has 116 valence electrons. The number of anilines is 1. The lowest BCUT2D eigenvalue weighted by Crippen LogP contribution is -2.31. The van der Waals surface area contributed by atoms with Crippen LogP contribution in [0.15, 0.2) is 53.4 Å². The molecular weight excluding hydrogens is 300 g/mol. The molecule has 1 unspecified atom stereocenters. The van der Waals surface area contributed by atoms with E-state index in [1.807, 2.05) is 0 Å². The SMILES string of the molecule is CN(Cc1ccccc1O)C(=O)Nc1ccccc1S(C)=O. The Morgan fingerprint density at radius 2 is 1.82 bits per heavy atom. The van der Waals surface area contributed by atoms with Crippen molar-refractivity contribution in [2.45, 2.75) is 11.4 Å². The topological polar surface area (TPSA) is 69.6 Å². The van der Waals surface area contributed by atoms with Gasteiger partial charge in [0, 0.05) is 18.9 Å². The lowest BCUT2D eigenvalue weighted by atomic mass is 10.2. The van der Waals surface area contributed by atoms with Crippen LogP contribution in [0.1, 0.15) is 5.56 Å². The minimum atomic E-state index is -1.18. The summed E-state index contributed by atoms with van der Waals surface area (Å²) in [6, 6.07) is 13.5. The second-order valence-electron chi connectivity index (χ2n) is 4.87. The molecule has 0 fully saturated rings. The van der Waals surface area contributed by atoms with Gasteiger partial charge < -0.3 is 15.3 Å². The highest BCUT2D eigenvalue weighted by atomic mass is 32.2. The van der Waals surface area contributed by atoms with Crippen LogP contribution in [0.2, 0.25) is 0 Å². The summed E-state index contributed by atoms with van der Waals surface area (Å²) in [6.45, 7) is 0.274. The number of para-hydroxylation sites is 2. The zero-order valence-corrected chi connectivity index (χ0v) is 13.3. The molecule has 0 heterocycles. The lowest BCUT2D eigenvalue weighted by molar-refractivity contribution is 0.220. The Hall–Kier alpha value is -2.34. The average Bonchev–Trinajstić information content (AvgIpc) is 2.49. The van der Waals surface area contributed by atoms with E-state index in [2.05, 4.69) is 5.32 Å². The molecule has 0 aliphatic heterocycles. The fourth-order valence-corrected chi connectivity index (χ4v) is 2.70. The summed E-state index contributed by atoms with van der Waals surface area (Å²) in [5.74, 6) is 0.150.